The molecular weight excluding hydrogens is 396 g/mol. The molecule has 0 fully saturated rings. The van der Waals surface area contributed by atoms with Crippen LogP contribution in [0.5, 0.6) is 0 Å². The molecule has 1 amide bonds. The summed E-state index contributed by atoms with van der Waals surface area (Å²) in [6.07, 6.45) is 3.04. The summed E-state index contributed by atoms with van der Waals surface area (Å²) in [6.45, 7) is 4.24. The van der Waals surface area contributed by atoms with Crippen molar-refractivity contribution in [2.45, 2.75) is 24.0 Å². The molecule has 2 aromatic rings. The molecule has 3 rings (SSSR count). The molecule has 1 aliphatic heterocycles. The van der Waals surface area contributed by atoms with Crippen LogP contribution in [-0.2, 0) is 15.6 Å². The van der Waals surface area contributed by atoms with Crippen LogP contribution in [0.4, 0.5) is 0 Å². The molecule has 0 saturated heterocycles. The maximum Gasteiger partial charge on any atom is 0.251 e. The summed E-state index contributed by atoms with van der Waals surface area (Å²) >= 11 is 0. The second kappa shape index (κ2) is 9.87. The monoisotopic (exact) mass is 420 g/mol. The van der Waals surface area contributed by atoms with Gasteiger partial charge in [-0.3, -0.25) is 4.79 Å². The van der Waals surface area contributed by atoms with Crippen LogP contribution >= 0.6 is 12.4 Å². The first-order chi connectivity index (χ1) is 12.9. The van der Waals surface area contributed by atoms with Crippen molar-refractivity contribution in [3.05, 3.63) is 76.9 Å². The van der Waals surface area contributed by atoms with Gasteiger partial charge in [-0.15, -0.1) is 12.4 Å². The molecule has 150 valence electrons. The van der Waals surface area contributed by atoms with Crippen LogP contribution in [0.3, 0.4) is 0 Å². The van der Waals surface area contributed by atoms with Crippen LogP contribution in [0.15, 0.2) is 65.1 Å². The predicted octanol–water partition coefficient (Wildman–Crippen LogP) is 3.04. The highest BCUT2D eigenvalue weighted by molar-refractivity contribution is 7.90. The Morgan fingerprint density at radius 2 is 1.75 bits per heavy atom. The van der Waals surface area contributed by atoms with Crippen molar-refractivity contribution in [1.29, 1.82) is 0 Å². The fourth-order valence-corrected chi connectivity index (χ4v) is 4.28. The van der Waals surface area contributed by atoms with Crippen LogP contribution < -0.4 is 10.6 Å². The Labute approximate surface area is 172 Å². The number of halogens is 1. The highest BCUT2D eigenvalue weighted by Gasteiger charge is 2.15. The average molecular weight is 421 g/mol. The molecule has 0 radical (unpaired) electrons. The molecule has 1 heterocycles. The van der Waals surface area contributed by atoms with Gasteiger partial charge in [0.1, 0.15) is 0 Å². The summed E-state index contributed by atoms with van der Waals surface area (Å²) in [5, 5.41) is 6.15. The molecule has 2 aromatic carbocycles. The number of hydrogen-bond donors (Lipinski definition) is 2. The van der Waals surface area contributed by atoms with Gasteiger partial charge in [0.25, 0.3) is 5.91 Å². The zero-order valence-corrected chi connectivity index (χ0v) is 17.4. The molecular formula is C21H25ClN2O3S. The molecule has 0 aromatic heterocycles. The normalized spacial score (nSPS) is 14.0. The van der Waals surface area contributed by atoms with Crippen LogP contribution in [0.25, 0.3) is 0 Å². The molecule has 0 saturated carbocycles. The lowest BCUT2D eigenvalue weighted by molar-refractivity contribution is 0.0956. The minimum Gasteiger partial charge on any atom is -0.348 e. The lowest BCUT2D eigenvalue weighted by Gasteiger charge is -2.14. The maximum absolute atomic E-state index is 12.5. The molecule has 0 bridgehead atoms. The second-order valence-electron chi connectivity index (χ2n) is 6.77. The van der Waals surface area contributed by atoms with E-state index in [1.54, 1.807) is 48.5 Å². The number of aryl methyl sites for hydroxylation is 1. The number of carbonyl (C=O) groups excluding carboxylic acids is 1. The molecule has 2 N–H and O–H groups in total. The number of nitrogens with one attached hydrogen (secondary N) is 2. The van der Waals surface area contributed by atoms with Crippen molar-refractivity contribution in [1.82, 2.24) is 10.6 Å². The van der Waals surface area contributed by atoms with Gasteiger partial charge in [0, 0.05) is 18.7 Å². The molecule has 0 atom stereocenters. The minimum atomic E-state index is -3.40. The van der Waals surface area contributed by atoms with Gasteiger partial charge in [-0.05, 0) is 49.7 Å². The van der Waals surface area contributed by atoms with Gasteiger partial charge in [0.2, 0.25) is 0 Å². The lowest BCUT2D eigenvalue weighted by atomic mass is 10.1. The summed E-state index contributed by atoms with van der Waals surface area (Å²) in [5.74, 6) is -0.236. The van der Waals surface area contributed by atoms with Crippen molar-refractivity contribution in [2.24, 2.45) is 0 Å². The smallest absolute Gasteiger partial charge is 0.251 e. The zero-order chi connectivity index (χ0) is 19.3. The predicted molar refractivity (Wildman–Crippen MR) is 114 cm³/mol. The Hall–Kier alpha value is -2.15. The van der Waals surface area contributed by atoms with Crippen molar-refractivity contribution in [3.63, 3.8) is 0 Å². The van der Waals surface area contributed by atoms with E-state index < -0.39 is 9.84 Å². The Balaban J connectivity index is 0.00000280. The molecule has 7 heteroatoms. The van der Waals surface area contributed by atoms with Gasteiger partial charge in [-0.2, -0.15) is 0 Å². The summed E-state index contributed by atoms with van der Waals surface area (Å²) in [4.78, 5) is 12.6. The summed E-state index contributed by atoms with van der Waals surface area (Å²) in [5.41, 5.74) is 3.43. The van der Waals surface area contributed by atoms with Gasteiger partial charge < -0.3 is 10.6 Å². The van der Waals surface area contributed by atoms with Gasteiger partial charge in [-0.1, -0.05) is 41.5 Å². The van der Waals surface area contributed by atoms with Crippen LogP contribution in [0.1, 0.15) is 27.9 Å². The molecule has 0 spiro atoms. The highest BCUT2D eigenvalue weighted by atomic mass is 35.5. The van der Waals surface area contributed by atoms with Crippen LogP contribution in [0.2, 0.25) is 0 Å². The van der Waals surface area contributed by atoms with E-state index in [2.05, 4.69) is 16.7 Å². The Bertz CT molecular complexity index is 937. The molecule has 1 aliphatic rings. The minimum absolute atomic E-state index is 0. The lowest BCUT2D eigenvalue weighted by Crippen LogP contribution is -2.29. The molecule has 5 nitrogen and oxygen atoms in total. The van der Waals surface area contributed by atoms with Crippen molar-refractivity contribution < 1.29 is 13.2 Å². The number of benzene rings is 2. The third-order valence-electron chi connectivity index (χ3n) is 4.59. The topological polar surface area (TPSA) is 75.3 Å². The first-order valence-corrected chi connectivity index (χ1v) is 10.6. The first kappa shape index (κ1) is 22.1. The fourth-order valence-electron chi connectivity index (χ4n) is 2.93. The Morgan fingerprint density at radius 3 is 2.36 bits per heavy atom. The van der Waals surface area contributed by atoms with E-state index in [0.717, 1.165) is 25.1 Å². The first-order valence-electron chi connectivity index (χ1n) is 8.99. The number of amides is 1. The van der Waals surface area contributed by atoms with E-state index in [1.807, 2.05) is 6.92 Å². The van der Waals surface area contributed by atoms with Crippen molar-refractivity contribution >= 4 is 28.2 Å². The molecule has 0 unspecified atom stereocenters. The number of rotatable bonds is 6. The van der Waals surface area contributed by atoms with E-state index in [0.29, 0.717) is 22.6 Å². The number of hydrogen-bond acceptors (Lipinski definition) is 4. The second-order valence-corrected chi connectivity index (χ2v) is 8.76. The van der Waals surface area contributed by atoms with E-state index >= 15 is 0 Å². The SMILES string of the molecule is Cc1ccc(S(=O)(=O)Cc2ccc(C(=O)NCC3=CCNCC3)cc2)cc1.Cl. The van der Waals surface area contributed by atoms with Crippen LogP contribution in [-0.4, -0.2) is 34.0 Å². The van der Waals surface area contributed by atoms with E-state index in [9.17, 15) is 13.2 Å². The Kier molecular flexibility index (Phi) is 7.80. The van der Waals surface area contributed by atoms with Gasteiger partial charge in [0.15, 0.2) is 9.84 Å². The summed E-state index contributed by atoms with van der Waals surface area (Å²) < 4.78 is 25.0. The highest BCUT2D eigenvalue weighted by Crippen LogP contribution is 2.17. The third kappa shape index (κ3) is 5.92. The fraction of sp³-hybridized carbons (Fsp3) is 0.286. The molecule has 28 heavy (non-hydrogen) atoms. The van der Waals surface area contributed by atoms with Gasteiger partial charge in [-0.25, -0.2) is 8.42 Å². The van der Waals surface area contributed by atoms with Crippen molar-refractivity contribution in [2.75, 3.05) is 19.6 Å². The zero-order valence-electron chi connectivity index (χ0n) is 15.8. The van der Waals surface area contributed by atoms with E-state index in [1.165, 1.54) is 5.57 Å². The number of sulfone groups is 1. The standard InChI is InChI=1S/C21H24N2O3S.ClH/c1-16-2-8-20(9-3-16)27(25,26)15-18-4-6-19(7-5-18)21(24)23-14-17-10-12-22-13-11-17;/h2-10,22H,11-15H2,1H3,(H,23,24);1H. The van der Waals surface area contributed by atoms with Crippen LogP contribution in [0, 0.1) is 6.92 Å². The average Bonchev–Trinajstić information content (AvgIpc) is 2.67. The number of carbonyl (C=O) groups is 1. The molecule has 0 aliphatic carbocycles. The van der Waals surface area contributed by atoms with Gasteiger partial charge >= 0.3 is 0 Å². The summed E-state index contributed by atoms with van der Waals surface area (Å²) in [6, 6.07) is 13.6. The Morgan fingerprint density at radius 1 is 1.07 bits per heavy atom. The van der Waals surface area contributed by atoms with Gasteiger partial charge in [0.05, 0.1) is 10.6 Å². The van der Waals surface area contributed by atoms with Crippen molar-refractivity contribution in [3.8, 4) is 0 Å². The summed E-state index contributed by atoms with van der Waals surface area (Å²) in [7, 11) is -3.40. The maximum atomic E-state index is 12.5. The largest absolute Gasteiger partial charge is 0.348 e. The van der Waals surface area contributed by atoms with E-state index in [4.69, 9.17) is 0 Å². The quantitative estimate of drug-likeness (QED) is 0.704. The third-order valence-corrected chi connectivity index (χ3v) is 6.29. The van der Waals surface area contributed by atoms with E-state index in [-0.39, 0.29) is 24.1 Å².